The number of carbonyl (C=O) groups is 1. The summed E-state index contributed by atoms with van der Waals surface area (Å²) >= 11 is 0. The van der Waals surface area contributed by atoms with Gasteiger partial charge in [0.25, 0.3) is 11.6 Å². The van der Waals surface area contributed by atoms with E-state index in [0.29, 0.717) is 6.42 Å². The largest absolute Gasteiger partial charge is 0.398 e. The van der Waals surface area contributed by atoms with Crippen LogP contribution < -0.4 is 11.1 Å². The van der Waals surface area contributed by atoms with E-state index in [9.17, 15) is 14.9 Å². The fraction of sp³-hybridized carbons (Fsp3) is 0.375. The summed E-state index contributed by atoms with van der Waals surface area (Å²) < 4.78 is 1.77. The molecule has 0 fully saturated rings. The van der Waals surface area contributed by atoms with E-state index in [2.05, 4.69) is 10.4 Å². The summed E-state index contributed by atoms with van der Waals surface area (Å²) in [6, 6.07) is 3.60. The van der Waals surface area contributed by atoms with E-state index in [4.69, 9.17) is 5.73 Å². The lowest BCUT2D eigenvalue weighted by Gasteiger charge is -2.18. The third kappa shape index (κ3) is 3.22. The number of non-ortho nitro benzene ring substituents is 1. The maximum absolute atomic E-state index is 12.6. The maximum atomic E-state index is 12.6. The van der Waals surface area contributed by atoms with Crippen LogP contribution in [0.25, 0.3) is 0 Å². The van der Waals surface area contributed by atoms with Gasteiger partial charge in [0.2, 0.25) is 0 Å². The smallest absolute Gasteiger partial charge is 0.270 e. The molecular weight excluding hydrogens is 310 g/mol. The lowest BCUT2D eigenvalue weighted by atomic mass is 10.0. The van der Waals surface area contributed by atoms with Crippen molar-refractivity contribution in [3.63, 3.8) is 0 Å². The fourth-order valence-electron chi connectivity index (χ4n) is 2.76. The first-order valence-corrected chi connectivity index (χ1v) is 7.61. The minimum Gasteiger partial charge on any atom is -0.398 e. The van der Waals surface area contributed by atoms with E-state index in [-0.39, 0.29) is 23.0 Å². The van der Waals surface area contributed by atoms with Crippen LogP contribution in [0.15, 0.2) is 18.2 Å². The Bertz CT molecular complexity index is 797. The Balaban J connectivity index is 2.33. The van der Waals surface area contributed by atoms with Crippen molar-refractivity contribution in [3.8, 4) is 0 Å². The number of rotatable bonds is 5. The minimum absolute atomic E-state index is 0.0989. The zero-order chi connectivity index (χ0) is 18.0. The van der Waals surface area contributed by atoms with Gasteiger partial charge in [0.05, 0.1) is 22.2 Å². The molecule has 1 heterocycles. The average Bonchev–Trinajstić information content (AvgIpc) is 2.78. The molecule has 0 unspecified atom stereocenters. The number of aryl methyl sites for hydroxylation is 2. The van der Waals surface area contributed by atoms with Crippen molar-refractivity contribution in [2.75, 3.05) is 5.73 Å². The average molecular weight is 331 g/mol. The molecule has 0 aliphatic rings. The van der Waals surface area contributed by atoms with Crippen molar-refractivity contribution in [3.05, 3.63) is 50.8 Å². The third-order valence-corrected chi connectivity index (χ3v) is 4.12. The summed E-state index contributed by atoms with van der Waals surface area (Å²) in [5, 5.41) is 18.2. The van der Waals surface area contributed by atoms with Gasteiger partial charge in [-0.25, -0.2) is 0 Å². The van der Waals surface area contributed by atoms with E-state index in [1.54, 1.807) is 4.68 Å². The molecule has 0 radical (unpaired) electrons. The van der Waals surface area contributed by atoms with Gasteiger partial charge in [0, 0.05) is 36.1 Å². The number of nitro benzene ring substituents is 1. The second kappa shape index (κ2) is 6.69. The second-order valence-electron chi connectivity index (χ2n) is 5.67. The summed E-state index contributed by atoms with van der Waals surface area (Å²) in [6.45, 7) is 5.78. The highest BCUT2D eigenvalue weighted by atomic mass is 16.6. The van der Waals surface area contributed by atoms with E-state index in [1.165, 1.54) is 18.2 Å². The number of nitrogen functional groups attached to an aromatic ring is 1. The van der Waals surface area contributed by atoms with Crippen molar-refractivity contribution >= 4 is 17.3 Å². The molecule has 0 bridgehead atoms. The van der Waals surface area contributed by atoms with Gasteiger partial charge in [-0.05, 0) is 26.3 Å². The number of nitro groups is 1. The quantitative estimate of drug-likeness (QED) is 0.496. The molecule has 1 amide bonds. The first kappa shape index (κ1) is 17.5. The third-order valence-electron chi connectivity index (χ3n) is 4.12. The predicted octanol–water partition coefficient (Wildman–Crippen LogP) is 2.41. The zero-order valence-electron chi connectivity index (χ0n) is 14.2. The molecule has 1 atom stereocenters. The van der Waals surface area contributed by atoms with Crippen LogP contribution in [-0.4, -0.2) is 20.6 Å². The summed E-state index contributed by atoms with van der Waals surface area (Å²) in [5.41, 5.74) is 8.70. The fourth-order valence-corrected chi connectivity index (χ4v) is 2.76. The van der Waals surface area contributed by atoms with Gasteiger partial charge in [0.15, 0.2) is 0 Å². The molecule has 24 heavy (non-hydrogen) atoms. The Hall–Kier alpha value is -2.90. The Kier molecular flexibility index (Phi) is 4.87. The van der Waals surface area contributed by atoms with Crippen molar-refractivity contribution < 1.29 is 9.72 Å². The van der Waals surface area contributed by atoms with Crippen LogP contribution in [0.5, 0.6) is 0 Å². The molecule has 2 aromatic rings. The predicted molar refractivity (Wildman–Crippen MR) is 90.7 cm³/mol. The van der Waals surface area contributed by atoms with Crippen LogP contribution in [0.1, 0.15) is 46.7 Å². The number of benzene rings is 1. The number of hydrogen-bond acceptors (Lipinski definition) is 5. The van der Waals surface area contributed by atoms with Crippen LogP contribution >= 0.6 is 0 Å². The molecule has 0 saturated carbocycles. The number of carbonyl (C=O) groups excluding carboxylic acids is 1. The highest BCUT2D eigenvalue weighted by Gasteiger charge is 2.23. The van der Waals surface area contributed by atoms with Crippen molar-refractivity contribution in [2.45, 2.75) is 33.2 Å². The molecule has 128 valence electrons. The van der Waals surface area contributed by atoms with E-state index >= 15 is 0 Å². The number of nitrogens with two attached hydrogens (primary N) is 1. The van der Waals surface area contributed by atoms with Gasteiger partial charge < -0.3 is 11.1 Å². The summed E-state index contributed by atoms with van der Waals surface area (Å²) in [4.78, 5) is 22.9. The first-order chi connectivity index (χ1) is 11.3. The number of aromatic nitrogens is 2. The highest BCUT2D eigenvalue weighted by Crippen LogP contribution is 2.25. The first-order valence-electron chi connectivity index (χ1n) is 7.61. The molecule has 2 rings (SSSR count). The van der Waals surface area contributed by atoms with Gasteiger partial charge in [-0.2, -0.15) is 5.10 Å². The number of amides is 1. The SMILES string of the molecule is CC[C@H](NC(=O)c1cc([N+](=O)[O-])ccc1N)c1c(C)nn(C)c1C. The van der Waals surface area contributed by atoms with Gasteiger partial charge in [-0.3, -0.25) is 19.6 Å². The number of nitrogens with one attached hydrogen (secondary N) is 1. The topological polar surface area (TPSA) is 116 Å². The van der Waals surface area contributed by atoms with E-state index in [0.717, 1.165) is 17.0 Å². The molecule has 0 aliphatic carbocycles. The van der Waals surface area contributed by atoms with Crippen molar-refractivity contribution in [1.29, 1.82) is 0 Å². The van der Waals surface area contributed by atoms with Crippen molar-refractivity contribution in [2.24, 2.45) is 7.05 Å². The Morgan fingerprint density at radius 3 is 2.62 bits per heavy atom. The van der Waals surface area contributed by atoms with E-state index < -0.39 is 10.8 Å². The Morgan fingerprint density at radius 1 is 1.46 bits per heavy atom. The minimum atomic E-state index is -0.553. The second-order valence-corrected chi connectivity index (χ2v) is 5.67. The number of anilines is 1. The summed E-state index contributed by atoms with van der Waals surface area (Å²) in [6.07, 6.45) is 0.661. The maximum Gasteiger partial charge on any atom is 0.270 e. The molecular formula is C16H21N5O3. The molecule has 0 saturated heterocycles. The Morgan fingerprint density at radius 2 is 2.12 bits per heavy atom. The van der Waals surface area contributed by atoms with Crippen LogP contribution in [-0.2, 0) is 7.05 Å². The molecule has 1 aromatic carbocycles. The lowest BCUT2D eigenvalue weighted by Crippen LogP contribution is -2.29. The molecule has 0 spiro atoms. The molecule has 8 heteroatoms. The summed E-state index contributed by atoms with van der Waals surface area (Å²) in [5.74, 6) is -0.439. The monoisotopic (exact) mass is 331 g/mol. The molecule has 8 nitrogen and oxygen atoms in total. The molecule has 0 aliphatic heterocycles. The van der Waals surface area contributed by atoms with E-state index in [1.807, 2.05) is 27.8 Å². The zero-order valence-corrected chi connectivity index (χ0v) is 14.2. The molecule has 3 N–H and O–H groups in total. The van der Waals surface area contributed by atoms with Gasteiger partial charge >= 0.3 is 0 Å². The van der Waals surface area contributed by atoms with Crippen LogP contribution in [0, 0.1) is 24.0 Å². The van der Waals surface area contributed by atoms with Crippen molar-refractivity contribution in [1.82, 2.24) is 15.1 Å². The van der Waals surface area contributed by atoms with Gasteiger partial charge in [-0.1, -0.05) is 6.92 Å². The lowest BCUT2D eigenvalue weighted by molar-refractivity contribution is -0.384. The number of nitrogens with zero attached hydrogens (tertiary/aromatic N) is 3. The van der Waals surface area contributed by atoms with Crippen LogP contribution in [0.3, 0.4) is 0 Å². The highest BCUT2D eigenvalue weighted by molar-refractivity contribution is 6.00. The standard InChI is InChI=1S/C16H21N5O3/c1-5-14(15-9(2)19-20(4)10(15)3)18-16(22)12-8-11(21(23)24)6-7-13(12)17/h6-8,14H,5,17H2,1-4H3,(H,18,22)/t14-/m0/s1. The Labute approximate surface area is 139 Å². The van der Waals surface area contributed by atoms with Gasteiger partial charge in [0.1, 0.15) is 0 Å². The molecule has 1 aromatic heterocycles. The van der Waals surface area contributed by atoms with Crippen LogP contribution in [0.4, 0.5) is 11.4 Å². The normalized spacial score (nSPS) is 12.0. The van der Waals surface area contributed by atoms with Gasteiger partial charge in [-0.15, -0.1) is 0 Å². The summed E-state index contributed by atoms with van der Waals surface area (Å²) in [7, 11) is 1.85. The van der Waals surface area contributed by atoms with Crippen LogP contribution in [0.2, 0.25) is 0 Å². The number of hydrogen-bond donors (Lipinski definition) is 2.